The Morgan fingerprint density at radius 3 is 3.04 bits per heavy atom. The van der Waals surface area contributed by atoms with Gasteiger partial charge in [-0.1, -0.05) is 6.07 Å². The Morgan fingerprint density at radius 2 is 2.22 bits per heavy atom. The lowest BCUT2D eigenvalue weighted by Crippen LogP contribution is -2.28. The fraction of sp³-hybridized carbons (Fsp3) is 0.235. The van der Waals surface area contributed by atoms with Crippen molar-refractivity contribution in [1.29, 1.82) is 0 Å². The van der Waals surface area contributed by atoms with E-state index < -0.39 is 0 Å². The van der Waals surface area contributed by atoms with E-state index in [0.717, 1.165) is 16.8 Å². The van der Waals surface area contributed by atoms with Crippen LogP contribution in [0.3, 0.4) is 0 Å². The van der Waals surface area contributed by atoms with Crippen LogP contribution in [-0.2, 0) is 22.6 Å². The Balaban J connectivity index is 1.50. The quantitative estimate of drug-likeness (QED) is 0.880. The van der Waals surface area contributed by atoms with Crippen molar-refractivity contribution in [3.05, 3.63) is 53.9 Å². The molecule has 1 aromatic heterocycles. The number of nitrogens with one attached hydrogen (secondary N) is 2. The van der Waals surface area contributed by atoms with E-state index in [1.807, 2.05) is 18.2 Å². The number of anilines is 1. The average Bonchev–Trinajstić information content (AvgIpc) is 2.59. The Hall–Kier alpha value is -2.89. The average molecular weight is 311 g/mol. The highest BCUT2D eigenvalue weighted by Gasteiger charge is 2.15. The second-order valence-corrected chi connectivity index (χ2v) is 5.29. The zero-order chi connectivity index (χ0) is 16.1. The summed E-state index contributed by atoms with van der Waals surface area (Å²) in [6, 6.07) is 9.13. The molecule has 2 amide bonds. The van der Waals surface area contributed by atoms with Crippen LogP contribution in [0.1, 0.15) is 17.5 Å². The number of carbonyl (C=O) groups is 2. The SMILES string of the molecule is O=C(COc1ccc2c(c1)CCC(=O)N2)NCc1cccnc1. The number of hydrogen-bond acceptors (Lipinski definition) is 4. The van der Waals surface area contributed by atoms with Gasteiger partial charge in [-0.15, -0.1) is 0 Å². The molecule has 2 aromatic rings. The Kier molecular flexibility index (Phi) is 4.52. The van der Waals surface area contributed by atoms with E-state index in [2.05, 4.69) is 15.6 Å². The van der Waals surface area contributed by atoms with Crippen molar-refractivity contribution >= 4 is 17.5 Å². The standard InChI is InChI=1S/C17H17N3O3/c21-16-6-3-13-8-14(4-5-15(13)20-16)23-11-17(22)19-10-12-2-1-7-18-9-12/h1-2,4-5,7-9H,3,6,10-11H2,(H,19,22)(H,20,21). The maximum absolute atomic E-state index is 11.8. The molecule has 0 aliphatic carbocycles. The molecule has 2 N–H and O–H groups in total. The smallest absolute Gasteiger partial charge is 0.258 e. The first-order chi connectivity index (χ1) is 11.2. The summed E-state index contributed by atoms with van der Waals surface area (Å²) in [6.45, 7) is 0.373. The van der Waals surface area contributed by atoms with E-state index in [-0.39, 0.29) is 18.4 Å². The van der Waals surface area contributed by atoms with Gasteiger partial charge in [-0.05, 0) is 41.8 Å². The van der Waals surface area contributed by atoms with Gasteiger partial charge in [-0.2, -0.15) is 0 Å². The van der Waals surface area contributed by atoms with Crippen molar-refractivity contribution in [2.75, 3.05) is 11.9 Å². The second kappa shape index (κ2) is 6.91. The molecule has 118 valence electrons. The van der Waals surface area contributed by atoms with E-state index in [1.165, 1.54) is 0 Å². The zero-order valence-electron chi connectivity index (χ0n) is 12.5. The first-order valence-electron chi connectivity index (χ1n) is 7.42. The van der Waals surface area contributed by atoms with E-state index in [1.54, 1.807) is 24.5 Å². The maximum Gasteiger partial charge on any atom is 0.258 e. The molecule has 3 rings (SSSR count). The first kappa shape index (κ1) is 15.0. The van der Waals surface area contributed by atoms with Crippen LogP contribution in [0, 0.1) is 0 Å². The minimum atomic E-state index is -0.195. The van der Waals surface area contributed by atoms with Crippen LogP contribution >= 0.6 is 0 Å². The van der Waals surface area contributed by atoms with Crippen molar-refractivity contribution in [3.63, 3.8) is 0 Å². The monoisotopic (exact) mass is 311 g/mol. The minimum Gasteiger partial charge on any atom is -0.484 e. The molecule has 0 fully saturated rings. The summed E-state index contributed by atoms with van der Waals surface area (Å²) in [6.07, 6.45) is 4.56. The van der Waals surface area contributed by atoms with E-state index >= 15 is 0 Å². The van der Waals surface area contributed by atoms with Crippen LogP contribution in [0.2, 0.25) is 0 Å². The highest BCUT2D eigenvalue weighted by molar-refractivity contribution is 5.94. The lowest BCUT2D eigenvalue weighted by atomic mass is 10.0. The van der Waals surface area contributed by atoms with E-state index in [0.29, 0.717) is 25.1 Å². The topological polar surface area (TPSA) is 80.3 Å². The molecule has 6 heteroatoms. The van der Waals surface area contributed by atoms with Crippen molar-refractivity contribution in [2.24, 2.45) is 0 Å². The highest BCUT2D eigenvalue weighted by atomic mass is 16.5. The maximum atomic E-state index is 11.8. The Morgan fingerprint density at radius 1 is 1.30 bits per heavy atom. The summed E-state index contributed by atoms with van der Waals surface area (Å²) in [5.74, 6) is 0.456. The van der Waals surface area contributed by atoms with Crippen LogP contribution in [0.25, 0.3) is 0 Å². The third kappa shape index (κ3) is 4.06. The van der Waals surface area contributed by atoms with Gasteiger partial charge in [-0.25, -0.2) is 0 Å². The molecule has 2 heterocycles. The molecule has 1 aliphatic heterocycles. The van der Waals surface area contributed by atoms with Crippen molar-refractivity contribution < 1.29 is 14.3 Å². The molecule has 1 aromatic carbocycles. The van der Waals surface area contributed by atoms with E-state index in [9.17, 15) is 9.59 Å². The fourth-order valence-electron chi connectivity index (χ4n) is 2.35. The number of rotatable bonds is 5. The summed E-state index contributed by atoms with van der Waals surface area (Å²) in [5.41, 5.74) is 2.78. The van der Waals surface area contributed by atoms with Crippen LogP contribution in [-0.4, -0.2) is 23.4 Å². The fourth-order valence-corrected chi connectivity index (χ4v) is 2.35. The lowest BCUT2D eigenvalue weighted by molar-refractivity contribution is -0.123. The van der Waals surface area contributed by atoms with Crippen molar-refractivity contribution in [2.45, 2.75) is 19.4 Å². The third-order valence-corrected chi connectivity index (χ3v) is 3.55. The molecular formula is C17H17N3O3. The van der Waals surface area contributed by atoms with Crippen LogP contribution in [0.5, 0.6) is 5.75 Å². The number of carbonyl (C=O) groups excluding carboxylic acids is 2. The number of hydrogen-bond donors (Lipinski definition) is 2. The largest absolute Gasteiger partial charge is 0.484 e. The Bertz CT molecular complexity index is 716. The molecule has 1 aliphatic rings. The predicted octanol–water partition coefficient (Wildman–Crippen LogP) is 1.66. The normalized spacial score (nSPS) is 13.0. The molecule has 23 heavy (non-hydrogen) atoms. The molecule has 0 saturated carbocycles. The number of pyridine rings is 1. The summed E-state index contributed by atoms with van der Waals surface area (Å²) >= 11 is 0. The van der Waals surface area contributed by atoms with Gasteiger partial charge in [0.25, 0.3) is 5.91 Å². The number of ether oxygens (including phenoxy) is 1. The molecule has 0 unspecified atom stereocenters. The summed E-state index contributed by atoms with van der Waals surface area (Å²) in [5, 5.41) is 5.59. The number of amides is 2. The van der Waals surface area contributed by atoms with Gasteiger partial charge in [0, 0.05) is 31.0 Å². The van der Waals surface area contributed by atoms with Crippen LogP contribution in [0.4, 0.5) is 5.69 Å². The van der Waals surface area contributed by atoms with Crippen molar-refractivity contribution in [1.82, 2.24) is 10.3 Å². The zero-order valence-corrected chi connectivity index (χ0v) is 12.5. The predicted molar refractivity (Wildman–Crippen MR) is 85.0 cm³/mol. The first-order valence-corrected chi connectivity index (χ1v) is 7.42. The van der Waals surface area contributed by atoms with Gasteiger partial charge >= 0.3 is 0 Å². The van der Waals surface area contributed by atoms with Crippen LogP contribution in [0.15, 0.2) is 42.7 Å². The minimum absolute atomic E-state index is 0.0287. The van der Waals surface area contributed by atoms with Gasteiger partial charge in [0.15, 0.2) is 6.61 Å². The molecule has 0 atom stereocenters. The van der Waals surface area contributed by atoms with E-state index in [4.69, 9.17) is 4.74 Å². The molecule has 0 spiro atoms. The van der Waals surface area contributed by atoms with Gasteiger partial charge in [0.2, 0.25) is 5.91 Å². The number of aryl methyl sites for hydroxylation is 1. The number of aromatic nitrogens is 1. The molecule has 0 saturated heterocycles. The Labute approximate surface area is 133 Å². The van der Waals surface area contributed by atoms with Crippen LogP contribution < -0.4 is 15.4 Å². The van der Waals surface area contributed by atoms with Gasteiger partial charge in [0.1, 0.15) is 5.75 Å². The number of fused-ring (bicyclic) bond motifs is 1. The summed E-state index contributed by atoms with van der Waals surface area (Å²) < 4.78 is 5.51. The third-order valence-electron chi connectivity index (χ3n) is 3.55. The summed E-state index contributed by atoms with van der Waals surface area (Å²) in [4.78, 5) is 27.1. The van der Waals surface area contributed by atoms with Gasteiger partial charge < -0.3 is 15.4 Å². The van der Waals surface area contributed by atoms with Gasteiger partial charge in [0.05, 0.1) is 0 Å². The number of nitrogens with zero attached hydrogens (tertiary/aromatic N) is 1. The highest BCUT2D eigenvalue weighted by Crippen LogP contribution is 2.26. The number of benzene rings is 1. The lowest BCUT2D eigenvalue weighted by Gasteiger charge is -2.17. The van der Waals surface area contributed by atoms with Gasteiger partial charge in [-0.3, -0.25) is 14.6 Å². The molecular weight excluding hydrogens is 294 g/mol. The summed E-state index contributed by atoms with van der Waals surface area (Å²) in [7, 11) is 0. The second-order valence-electron chi connectivity index (χ2n) is 5.29. The van der Waals surface area contributed by atoms with Crippen molar-refractivity contribution in [3.8, 4) is 5.75 Å². The molecule has 0 bridgehead atoms. The molecule has 6 nitrogen and oxygen atoms in total. The molecule has 0 radical (unpaired) electrons.